The number of hydrogen-bond donors (Lipinski definition) is 3. The SMILES string of the molecule is COc1ccc(CC[C@H](O)CN)c(CNC(=O)OC(C)(C)C)c1. The summed E-state index contributed by atoms with van der Waals surface area (Å²) in [6.45, 7) is 6.02. The zero-order chi connectivity index (χ0) is 17.5. The maximum absolute atomic E-state index is 11.8. The summed E-state index contributed by atoms with van der Waals surface area (Å²) in [7, 11) is 1.60. The highest BCUT2D eigenvalue weighted by Crippen LogP contribution is 2.20. The molecule has 6 nitrogen and oxygen atoms in total. The molecule has 1 atom stereocenters. The number of ether oxygens (including phenoxy) is 2. The number of nitrogens with one attached hydrogen (secondary N) is 1. The Bertz CT molecular complexity index is 512. The molecule has 0 fully saturated rings. The first kappa shape index (κ1) is 19.3. The number of alkyl carbamates (subject to hydrolysis) is 1. The number of rotatable bonds is 7. The molecule has 0 aliphatic carbocycles. The van der Waals surface area contributed by atoms with Gasteiger partial charge in [-0.1, -0.05) is 6.07 Å². The van der Waals surface area contributed by atoms with Crippen molar-refractivity contribution in [3.8, 4) is 5.75 Å². The average molecular weight is 324 g/mol. The summed E-state index contributed by atoms with van der Waals surface area (Å²) in [5, 5.41) is 12.4. The van der Waals surface area contributed by atoms with Crippen molar-refractivity contribution in [1.29, 1.82) is 0 Å². The number of methoxy groups -OCH3 is 1. The third-order valence-electron chi connectivity index (χ3n) is 3.25. The van der Waals surface area contributed by atoms with Gasteiger partial charge >= 0.3 is 6.09 Å². The molecule has 0 unspecified atom stereocenters. The number of hydrogen-bond acceptors (Lipinski definition) is 5. The van der Waals surface area contributed by atoms with E-state index in [1.165, 1.54) is 0 Å². The number of amides is 1. The fraction of sp³-hybridized carbons (Fsp3) is 0.588. The van der Waals surface area contributed by atoms with Gasteiger partial charge in [-0.15, -0.1) is 0 Å². The fourth-order valence-corrected chi connectivity index (χ4v) is 2.06. The van der Waals surface area contributed by atoms with Crippen LogP contribution in [-0.4, -0.2) is 36.6 Å². The maximum Gasteiger partial charge on any atom is 0.407 e. The summed E-state index contributed by atoms with van der Waals surface area (Å²) in [5.41, 5.74) is 6.86. The van der Waals surface area contributed by atoms with Crippen LogP contribution in [-0.2, 0) is 17.7 Å². The molecule has 130 valence electrons. The smallest absolute Gasteiger partial charge is 0.407 e. The number of aryl methyl sites for hydroxylation is 1. The van der Waals surface area contributed by atoms with Gasteiger partial charge in [0.1, 0.15) is 11.4 Å². The summed E-state index contributed by atoms with van der Waals surface area (Å²) < 4.78 is 10.5. The van der Waals surface area contributed by atoms with E-state index in [0.29, 0.717) is 25.1 Å². The monoisotopic (exact) mass is 324 g/mol. The van der Waals surface area contributed by atoms with Crippen molar-refractivity contribution in [3.05, 3.63) is 29.3 Å². The predicted molar refractivity (Wildman–Crippen MR) is 89.4 cm³/mol. The van der Waals surface area contributed by atoms with Crippen molar-refractivity contribution in [3.63, 3.8) is 0 Å². The zero-order valence-corrected chi connectivity index (χ0v) is 14.4. The van der Waals surface area contributed by atoms with Crippen LogP contribution in [0.15, 0.2) is 18.2 Å². The Labute approximate surface area is 138 Å². The van der Waals surface area contributed by atoms with E-state index in [1.54, 1.807) is 7.11 Å². The van der Waals surface area contributed by atoms with Gasteiger partial charge in [-0.3, -0.25) is 0 Å². The summed E-state index contributed by atoms with van der Waals surface area (Å²) in [5.74, 6) is 0.717. The lowest BCUT2D eigenvalue weighted by atomic mass is 10.0. The molecule has 0 radical (unpaired) electrons. The molecule has 0 heterocycles. The molecule has 0 aromatic heterocycles. The van der Waals surface area contributed by atoms with Crippen molar-refractivity contribution in [2.45, 2.75) is 51.9 Å². The first-order chi connectivity index (χ1) is 10.7. The van der Waals surface area contributed by atoms with Gasteiger partial charge < -0.3 is 25.6 Å². The summed E-state index contributed by atoms with van der Waals surface area (Å²) in [6.07, 6.45) is 0.257. The average Bonchev–Trinajstić information content (AvgIpc) is 2.49. The molecule has 1 rings (SSSR count). The Morgan fingerprint density at radius 1 is 1.35 bits per heavy atom. The third kappa shape index (κ3) is 7.34. The van der Waals surface area contributed by atoms with Crippen molar-refractivity contribution in [2.24, 2.45) is 5.73 Å². The first-order valence-electron chi connectivity index (χ1n) is 7.76. The minimum Gasteiger partial charge on any atom is -0.497 e. The van der Waals surface area contributed by atoms with Gasteiger partial charge in [-0.2, -0.15) is 0 Å². The predicted octanol–water partition coefficient (Wildman–Crippen LogP) is 1.97. The van der Waals surface area contributed by atoms with Gasteiger partial charge in [-0.25, -0.2) is 4.79 Å². The number of benzene rings is 1. The Balaban J connectivity index is 2.75. The van der Waals surface area contributed by atoms with Gasteiger partial charge in [0.15, 0.2) is 0 Å². The second-order valence-corrected chi connectivity index (χ2v) is 6.42. The molecule has 0 aliphatic rings. The molecule has 6 heteroatoms. The molecule has 4 N–H and O–H groups in total. The maximum atomic E-state index is 11.8. The number of carbonyl (C=O) groups excluding carboxylic acids is 1. The van der Waals surface area contributed by atoms with Crippen LogP contribution >= 0.6 is 0 Å². The Morgan fingerprint density at radius 2 is 2.04 bits per heavy atom. The van der Waals surface area contributed by atoms with Crippen LogP contribution in [0.5, 0.6) is 5.75 Å². The van der Waals surface area contributed by atoms with Gasteiger partial charge in [0, 0.05) is 13.1 Å². The summed E-state index contributed by atoms with van der Waals surface area (Å²) in [4.78, 5) is 11.8. The molecular formula is C17H28N2O4. The minimum atomic E-state index is -0.535. The van der Waals surface area contributed by atoms with E-state index >= 15 is 0 Å². The van der Waals surface area contributed by atoms with Crippen LogP contribution in [0.2, 0.25) is 0 Å². The lowest BCUT2D eigenvalue weighted by Crippen LogP contribution is -2.32. The van der Waals surface area contributed by atoms with Crippen molar-refractivity contribution in [2.75, 3.05) is 13.7 Å². The second kappa shape index (κ2) is 8.74. The van der Waals surface area contributed by atoms with E-state index in [0.717, 1.165) is 11.1 Å². The van der Waals surface area contributed by atoms with Crippen molar-refractivity contribution in [1.82, 2.24) is 5.32 Å². The topological polar surface area (TPSA) is 93.8 Å². The van der Waals surface area contributed by atoms with Crippen LogP contribution in [0.1, 0.15) is 38.3 Å². The highest BCUT2D eigenvalue weighted by molar-refractivity contribution is 5.67. The number of aliphatic hydroxyl groups excluding tert-OH is 1. The largest absolute Gasteiger partial charge is 0.497 e. The van der Waals surface area contributed by atoms with E-state index in [1.807, 2.05) is 39.0 Å². The van der Waals surface area contributed by atoms with E-state index in [9.17, 15) is 9.90 Å². The highest BCUT2D eigenvalue weighted by atomic mass is 16.6. The van der Waals surface area contributed by atoms with Crippen LogP contribution in [0.4, 0.5) is 4.79 Å². The standard InChI is InChI=1S/C17H28N2O4/c1-17(2,3)23-16(21)19-11-13-9-15(22-4)8-6-12(13)5-7-14(20)10-18/h6,8-9,14,20H,5,7,10-11,18H2,1-4H3,(H,19,21)/t14-/m0/s1. The Hall–Kier alpha value is -1.79. The molecule has 0 aliphatic heterocycles. The van der Waals surface area contributed by atoms with Gasteiger partial charge in [0.25, 0.3) is 0 Å². The van der Waals surface area contributed by atoms with E-state index in [-0.39, 0.29) is 6.54 Å². The zero-order valence-electron chi connectivity index (χ0n) is 14.4. The van der Waals surface area contributed by atoms with E-state index in [4.69, 9.17) is 15.2 Å². The molecule has 0 spiro atoms. The van der Waals surface area contributed by atoms with Crippen LogP contribution in [0.3, 0.4) is 0 Å². The molecule has 23 heavy (non-hydrogen) atoms. The number of nitrogens with two attached hydrogens (primary N) is 1. The van der Waals surface area contributed by atoms with Crippen molar-refractivity contribution < 1.29 is 19.4 Å². The minimum absolute atomic E-state index is 0.238. The van der Waals surface area contributed by atoms with Crippen LogP contribution < -0.4 is 15.8 Å². The second-order valence-electron chi connectivity index (χ2n) is 6.42. The third-order valence-corrected chi connectivity index (χ3v) is 3.25. The van der Waals surface area contributed by atoms with Gasteiger partial charge in [0.05, 0.1) is 13.2 Å². The molecule has 0 saturated heterocycles. The Morgan fingerprint density at radius 3 is 2.61 bits per heavy atom. The van der Waals surface area contributed by atoms with Gasteiger partial charge in [0.2, 0.25) is 0 Å². The van der Waals surface area contributed by atoms with E-state index in [2.05, 4.69) is 5.32 Å². The fourth-order valence-electron chi connectivity index (χ4n) is 2.06. The normalized spacial score (nSPS) is 12.6. The lowest BCUT2D eigenvalue weighted by molar-refractivity contribution is 0.0523. The van der Waals surface area contributed by atoms with Crippen LogP contribution in [0.25, 0.3) is 0 Å². The van der Waals surface area contributed by atoms with Crippen LogP contribution in [0, 0.1) is 0 Å². The summed E-state index contributed by atoms with van der Waals surface area (Å²) >= 11 is 0. The molecule has 0 saturated carbocycles. The Kier molecular flexibility index (Phi) is 7.32. The number of aliphatic hydroxyl groups is 1. The van der Waals surface area contributed by atoms with Gasteiger partial charge in [-0.05, 0) is 56.9 Å². The molecule has 0 bridgehead atoms. The van der Waals surface area contributed by atoms with E-state index < -0.39 is 17.8 Å². The molecular weight excluding hydrogens is 296 g/mol. The first-order valence-corrected chi connectivity index (χ1v) is 7.76. The molecule has 1 aromatic carbocycles. The molecule has 1 aromatic rings. The summed E-state index contributed by atoms with van der Waals surface area (Å²) in [6, 6.07) is 5.68. The van der Waals surface area contributed by atoms with Crippen molar-refractivity contribution >= 4 is 6.09 Å². The number of carbonyl (C=O) groups is 1. The highest BCUT2D eigenvalue weighted by Gasteiger charge is 2.16. The lowest BCUT2D eigenvalue weighted by Gasteiger charge is -2.20. The quantitative estimate of drug-likeness (QED) is 0.713. The molecule has 1 amide bonds.